The number of anilines is 4. The average Bonchev–Trinajstić information content (AvgIpc) is 1.61. The Balaban J connectivity index is 0.000000196. The van der Waals surface area contributed by atoms with E-state index >= 15 is 0 Å². The van der Waals surface area contributed by atoms with E-state index in [1.54, 1.807) is 46.0 Å². The molecule has 4 saturated heterocycles. The molecule has 500 valence electrons. The van der Waals surface area contributed by atoms with Crippen LogP contribution in [-0.4, -0.2) is 174 Å². The molecule has 96 heavy (non-hydrogen) atoms. The number of hydrogen-bond acceptors (Lipinski definition) is 16. The summed E-state index contributed by atoms with van der Waals surface area (Å²) in [6.45, 7) is 16.4. The first kappa shape index (κ1) is 67.6. The summed E-state index contributed by atoms with van der Waals surface area (Å²) >= 11 is 0. The minimum atomic E-state index is -4.58. The van der Waals surface area contributed by atoms with Crippen LogP contribution in [0.15, 0.2) is 98.1 Å². The molecule has 0 saturated carbocycles. The molecule has 27 heteroatoms. The monoisotopic (exact) mass is 1320 g/mol. The number of amides is 3. The number of halogens is 6. The summed E-state index contributed by atoms with van der Waals surface area (Å²) in [6.07, 6.45) is -1.94. The number of aromatic nitrogens is 8. The zero-order valence-electron chi connectivity index (χ0n) is 53.7. The maximum atomic E-state index is 14.1. The number of likely N-dealkylation sites (tertiary alicyclic amines) is 1. The largest absolute Gasteiger partial charge is 0.416 e. The molecule has 8 aromatic rings. The molecule has 21 nitrogen and oxygen atoms in total. The molecular formula is C69H74F6N18O3. The normalized spacial score (nSPS) is 16.5. The summed E-state index contributed by atoms with van der Waals surface area (Å²) in [5.41, 5.74) is 16.6. The van der Waals surface area contributed by atoms with Crippen LogP contribution < -0.4 is 27.4 Å². The summed E-state index contributed by atoms with van der Waals surface area (Å²) in [5.74, 6) is 11.7. The molecule has 12 rings (SSSR count). The lowest BCUT2D eigenvalue weighted by atomic mass is 10.0. The fraction of sp³-hybridized carbons (Fsp3) is 0.377. The van der Waals surface area contributed by atoms with Crippen LogP contribution in [0.4, 0.5) is 49.4 Å². The second-order valence-corrected chi connectivity index (χ2v) is 24.6. The van der Waals surface area contributed by atoms with E-state index < -0.39 is 35.3 Å². The molecule has 4 aromatic heterocycles. The molecule has 7 N–H and O–H groups in total. The Bertz CT molecular complexity index is 4360. The number of carbonyl (C=O) groups is 3. The van der Waals surface area contributed by atoms with Crippen LogP contribution in [0.1, 0.15) is 114 Å². The second kappa shape index (κ2) is 29.1. The van der Waals surface area contributed by atoms with Crippen molar-refractivity contribution in [2.75, 3.05) is 115 Å². The molecule has 0 spiro atoms. The van der Waals surface area contributed by atoms with Gasteiger partial charge < -0.3 is 42.1 Å². The number of benzene rings is 4. The van der Waals surface area contributed by atoms with Crippen molar-refractivity contribution < 1.29 is 40.7 Å². The minimum Gasteiger partial charge on any atom is -0.383 e. The van der Waals surface area contributed by atoms with Crippen LogP contribution in [0.3, 0.4) is 0 Å². The number of hydrogen-bond donors (Lipinski definition) is 5. The van der Waals surface area contributed by atoms with Crippen molar-refractivity contribution in [2.24, 2.45) is 0 Å². The summed E-state index contributed by atoms with van der Waals surface area (Å²) < 4.78 is 88.3. The van der Waals surface area contributed by atoms with Gasteiger partial charge in [-0.1, -0.05) is 42.7 Å². The minimum absolute atomic E-state index is 0.0383. The molecule has 0 atom stereocenters. The van der Waals surface area contributed by atoms with Gasteiger partial charge in [-0.15, -0.1) is 0 Å². The quantitative estimate of drug-likeness (QED) is 0.0463. The van der Waals surface area contributed by atoms with Crippen molar-refractivity contribution >= 4 is 62.8 Å². The molecular weight excluding hydrogens is 1240 g/mol. The molecule has 0 unspecified atom stereocenters. The number of rotatable bonds is 11. The first-order chi connectivity index (χ1) is 46.0. The highest BCUT2D eigenvalue weighted by Crippen LogP contribution is 2.37. The van der Waals surface area contributed by atoms with Crippen LogP contribution in [-0.2, 0) is 30.2 Å². The Morgan fingerprint density at radius 3 is 1.40 bits per heavy atom. The highest BCUT2D eigenvalue weighted by atomic mass is 19.4. The van der Waals surface area contributed by atoms with E-state index in [-0.39, 0.29) is 76.3 Å². The number of nitrogens with zero attached hydrogens (tertiary/aromatic N) is 13. The van der Waals surface area contributed by atoms with E-state index in [1.807, 2.05) is 42.4 Å². The van der Waals surface area contributed by atoms with Gasteiger partial charge in [0, 0.05) is 112 Å². The molecule has 8 heterocycles. The van der Waals surface area contributed by atoms with E-state index in [0.717, 1.165) is 75.4 Å². The average molecular weight is 1320 g/mol. The third-order valence-electron chi connectivity index (χ3n) is 17.9. The fourth-order valence-electron chi connectivity index (χ4n) is 12.2. The number of nitrogen functional groups attached to an aromatic ring is 2. The number of carbonyl (C=O) groups excluding carboxylic acids is 3. The zero-order valence-corrected chi connectivity index (χ0v) is 53.7. The predicted molar refractivity (Wildman–Crippen MR) is 354 cm³/mol. The Morgan fingerprint density at radius 1 is 0.573 bits per heavy atom. The molecule has 4 fully saturated rings. The van der Waals surface area contributed by atoms with Crippen LogP contribution in [0.5, 0.6) is 0 Å². The Hall–Kier alpha value is -9.77. The van der Waals surface area contributed by atoms with Gasteiger partial charge in [0.05, 0.1) is 34.0 Å². The van der Waals surface area contributed by atoms with Gasteiger partial charge in [0.2, 0.25) is 5.91 Å². The van der Waals surface area contributed by atoms with E-state index in [4.69, 9.17) is 21.7 Å². The number of nitrogens with one attached hydrogen (secondary N) is 3. The lowest BCUT2D eigenvalue weighted by molar-refractivity contribution is -0.139. The standard InChI is InChI=1S/C36H38F3N9O2.C33H36F3N9O/c1-4-31(49)47-13-11-28(12-14-47)48-34-32(33(40)41-22-42-34)30(44-48)10-8-24-19-25(6-5-23(24)2)35(50)43-27-9-7-26(29(20-27)36(37,38)39)21-46-17-15-45(3)16-18-46;1-21-3-4-23(32(46)41-25-7-5-24(27(18-25)33(34,35)36)19-44-15-13-43(2)14-16-44)17-22(21)6-8-28-29-30(37)39-20-40-31(29)45(42-28)26-9-11-38-12-10-26/h4-7,9,19-20,22,28H,1,11-18,21H2,2-3H3,(H,43,50)(H2,40,41,42);3-5,7,17-18,20,26,38H,9-16,19H2,1-2H3,(H,41,46)(H2,37,39,40). The Labute approximate surface area is 551 Å². The molecule has 4 aliphatic rings. The van der Waals surface area contributed by atoms with Crippen molar-refractivity contribution in [3.63, 3.8) is 0 Å². The third kappa shape index (κ3) is 15.8. The van der Waals surface area contributed by atoms with Crippen LogP contribution in [0.25, 0.3) is 22.1 Å². The van der Waals surface area contributed by atoms with Gasteiger partial charge in [-0.3, -0.25) is 24.2 Å². The van der Waals surface area contributed by atoms with Crippen LogP contribution >= 0.6 is 0 Å². The highest BCUT2D eigenvalue weighted by Gasteiger charge is 2.36. The van der Waals surface area contributed by atoms with Crippen LogP contribution in [0, 0.1) is 37.5 Å². The van der Waals surface area contributed by atoms with Gasteiger partial charge >= 0.3 is 12.4 Å². The summed E-state index contributed by atoms with van der Waals surface area (Å²) in [7, 11) is 3.99. The van der Waals surface area contributed by atoms with Crippen molar-refractivity contribution in [2.45, 2.75) is 77.1 Å². The molecule has 0 aliphatic carbocycles. The number of piperidine rings is 2. The van der Waals surface area contributed by atoms with Gasteiger partial charge in [-0.05, 0) is 155 Å². The van der Waals surface area contributed by atoms with Gasteiger partial charge in [-0.25, -0.2) is 29.3 Å². The number of aryl methyl sites for hydroxylation is 2. The van der Waals surface area contributed by atoms with Crippen molar-refractivity contribution in [1.82, 2.24) is 69.3 Å². The Morgan fingerprint density at radius 2 is 0.990 bits per heavy atom. The van der Waals surface area contributed by atoms with E-state index in [0.29, 0.717) is 96.7 Å². The van der Waals surface area contributed by atoms with Gasteiger partial charge in [0.1, 0.15) is 35.7 Å². The number of alkyl halides is 6. The molecule has 4 aliphatic heterocycles. The summed E-state index contributed by atoms with van der Waals surface area (Å²) in [6, 6.07) is 17.9. The molecule has 4 aromatic carbocycles. The van der Waals surface area contributed by atoms with Gasteiger partial charge in [0.15, 0.2) is 11.3 Å². The van der Waals surface area contributed by atoms with Crippen molar-refractivity contribution in [1.29, 1.82) is 0 Å². The maximum Gasteiger partial charge on any atom is 0.416 e. The molecule has 0 radical (unpaired) electrons. The first-order valence-corrected chi connectivity index (χ1v) is 31.7. The lowest BCUT2D eigenvalue weighted by Gasteiger charge is -2.33. The van der Waals surface area contributed by atoms with E-state index in [2.05, 4.69) is 75.9 Å². The van der Waals surface area contributed by atoms with Gasteiger partial charge in [-0.2, -0.15) is 36.5 Å². The zero-order chi connectivity index (χ0) is 68.0. The van der Waals surface area contributed by atoms with Crippen molar-refractivity contribution in [3.05, 3.63) is 165 Å². The predicted octanol–water partition coefficient (Wildman–Crippen LogP) is 8.54. The molecule has 0 bridgehead atoms. The summed E-state index contributed by atoms with van der Waals surface area (Å²) in [4.78, 5) is 65.8. The van der Waals surface area contributed by atoms with E-state index in [9.17, 15) is 40.7 Å². The van der Waals surface area contributed by atoms with E-state index in [1.165, 1.54) is 43.0 Å². The smallest absolute Gasteiger partial charge is 0.383 e. The van der Waals surface area contributed by atoms with Crippen molar-refractivity contribution in [3.8, 4) is 23.7 Å². The maximum absolute atomic E-state index is 14.1. The molecule has 3 amide bonds. The number of piperazine rings is 2. The van der Waals surface area contributed by atoms with Crippen LogP contribution in [0.2, 0.25) is 0 Å². The number of likely N-dealkylation sites (N-methyl/N-ethyl adjacent to an activating group) is 2. The Kier molecular flexibility index (Phi) is 20.5. The number of nitrogens with two attached hydrogens (primary N) is 2. The first-order valence-electron chi connectivity index (χ1n) is 31.7. The highest BCUT2D eigenvalue weighted by molar-refractivity contribution is 6.05. The van der Waals surface area contributed by atoms with Gasteiger partial charge in [0.25, 0.3) is 11.8 Å². The fourth-order valence-corrected chi connectivity index (χ4v) is 12.2. The lowest BCUT2D eigenvalue weighted by Crippen LogP contribution is -2.44. The number of fused-ring (bicyclic) bond motifs is 2. The second-order valence-electron chi connectivity index (χ2n) is 24.6. The topological polar surface area (TPSA) is 243 Å². The summed E-state index contributed by atoms with van der Waals surface area (Å²) in [5, 5.41) is 19.2. The third-order valence-corrected chi connectivity index (χ3v) is 17.9. The SMILES string of the molecule is C=CC(=O)N1CCC(n2nc(C#Cc3cc(C(=O)Nc4ccc(CN5CCN(C)CC5)c(C(F)(F)F)c4)ccc3C)c3c(N)ncnc32)CC1.Cc1ccc(C(=O)Nc2ccc(CN3CCN(C)CC3)c(C(F)(F)F)c2)cc1C#Cc1nn(C2CCNCC2)c2ncnc(N)c12.